The van der Waals surface area contributed by atoms with Crippen LogP contribution in [0.2, 0.25) is 0 Å². The number of hydrogen-bond donors (Lipinski definition) is 3. The number of carboxylic acids is 1. The first-order valence-electron chi connectivity index (χ1n) is 12.4. The van der Waals surface area contributed by atoms with E-state index in [0.29, 0.717) is 0 Å². The van der Waals surface area contributed by atoms with E-state index in [0.717, 1.165) is 4.90 Å². The summed E-state index contributed by atoms with van der Waals surface area (Å²) in [4.78, 5) is 89.5. The molecular weight excluding hydrogens is 536 g/mol. The second-order valence-electron chi connectivity index (χ2n) is 9.19. The quantitative estimate of drug-likeness (QED) is 0.146. The minimum atomic E-state index is -1.34. The number of nitrogens with one attached hydrogen (secondary N) is 2. The molecule has 0 fully saturated rings. The molecule has 1 heterocycles. The zero-order valence-corrected chi connectivity index (χ0v) is 22.3. The molecule has 3 rings (SSSR count). The van der Waals surface area contributed by atoms with Crippen LogP contribution in [0.15, 0.2) is 48.5 Å². The average molecular weight is 565 g/mol. The predicted octanol–water partition coefficient (Wildman–Crippen LogP) is 1.03. The molecule has 13 heteroatoms. The number of rotatable bonds is 12. The van der Waals surface area contributed by atoms with Gasteiger partial charge >= 0.3 is 5.97 Å². The number of methoxy groups -OCH3 is 1. The number of Topliss-reactive ketones (excluding diaryl/α,β-unsaturated/α-hetero) is 2. The van der Waals surface area contributed by atoms with Crippen molar-refractivity contribution in [3.05, 3.63) is 54.1 Å². The van der Waals surface area contributed by atoms with Gasteiger partial charge in [-0.1, -0.05) is 24.3 Å². The number of anilines is 2. The molecule has 1 unspecified atom stereocenters. The second-order valence-corrected chi connectivity index (χ2v) is 9.19. The van der Waals surface area contributed by atoms with Crippen LogP contribution in [0, 0.1) is 11.3 Å². The number of carbonyl (C=O) groups is 7. The van der Waals surface area contributed by atoms with Gasteiger partial charge in [-0.05, 0) is 24.3 Å². The lowest BCUT2D eigenvalue weighted by Gasteiger charge is -2.25. The van der Waals surface area contributed by atoms with Crippen LogP contribution in [-0.4, -0.2) is 78.6 Å². The van der Waals surface area contributed by atoms with Gasteiger partial charge in [-0.15, -0.1) is 0 Å². The largest absolute Gasteiger partial charge is 0.496 e. The molecule has 0 radical (unpaired) electrons. The van der Waals surface area contributed by atoms with Gasteiger partial charge in [-0.3, -0.25) is 28.8 Å². The van der Waals surface area contributed by atoms with E-state index in [2.05, 4.69) is 5.32 Å². The third kappa shape index (κ3) is 7.06. The molecule has 0 saturated carbocycles. The molecule has 0 bridgehead atoms. The Morgan fingerprint density at radius 2 is 1.73 bits per heavy atom. The van der Waals surface area contributed by atoms with Crippen molar-refractivity contribution in [3.8, 4) is 5.75 Å². The summed E-state index contributed by atoms with van der Waals surface area (Å²) in [7, 11) is 1.32. The molecule has 1 aliphatic rings. The minimum Gasteiger partial charge on any atom is -0.496 e. The van der Waals surface area contributed by atoms with Gasteiger partial charge in [0.1, 0.15) is 18.6 Å². The van der Waals surface area contributed by atoms with Gasteiger partial charge in [0.15, 0.2) is 0 Å². The standard InChI is InChI=1S/C28H28N4O9/c1-16(34)31-13-17(11-20(29)27(39)26(38)19-7-3-6-10-23(19)41-2)28(40)32(22-9-5-4-8-21(22)31)14-24(35)30-18(15-33)12-25(36)37/h3-10,15,17-18,29H,11-14H2,1-2H3,(H,30,35)(H,36,37)/t17?,18-/m0/s1. The number of fused-ring (bicyclic) bond motifs is 1. The molecule has 2 atom stereocenters. The van der Waals surface area contributed by atoms with Crippen molar-refractivity contribution < 1.29 is 43.4 Å². The summed E-state index contributed by atoms with van der Waals surface area (Å²) in [5.74, 6) is -6.58. The summed E-state index contributed by atoms with van der Waals surface area (Å²) >= 11 is 0. The molecule has 3 N–H and O–H groups in total. The monoisotopic (exact) mass is 564 g/mol. The van der Waals surface area contributed by atoms with Gasteiger partial charge in [-0.2, -0.15) is 0 Å². The highest BCUT2D eigenvalue weighted by molar-refractivity contribution is 6.68. The maximum absolute atomic E-state index is 13.8. The van der Waals surface area contributed by atoms with Crippen LogP contribution in [0.25, 0.3) is 0 Å². The molecule has 0 saturated heterocycles. The second kappa shape index (κ2) is 13.2. The smallest absolute Gasteiger partial charge is 0.305 e. The van der Waals surface area contributed by atoms with Crippen LogP contribution in [0.5, 0.6) is 5.75 Å². The third-order valence-corrected chi connectivity index (χ3v) is 6.35. The summed E-state index contributed by atoms with van der Waals surface area (Å²) in [5, 5.41) is 19.6. The lowest BCUT2D eigenvalue weighted by Crippen LogP contribution is -2.47. The molecule has 214 valence electrons. The van der Waals surface area contributed by atoms with Gasteiger partial charge < -0.3 is 35.2 Å². The lowest BCUT2D eigenvalue weighted by atomic mass is 9.94. The van der Waals surface area contributed by atoms with E-state index in [1.807, 2.05) is 0 Å². The fraction of sp³-hybridized carbons (Fsp3) is 0.286. The zero-order chi connectivity index (χ0) is 30.3. The third-order valence-electron chi connectivity index (χ3n) is 6.35. The van der Waals surface area contributed by atoms with Crippen LogP contribution in [-0.2, 0) is 28.8 Å². The number of hydrogen-bond acceptors (Lipinski definition) is 9. The van der Waals surface area contributed by atoms with E-state index in [9.17, 15) is 33.6 Å². The maximum atomic E-state index is 13.8. The number of amides is 3. The topological polar surface area (TPSA) is 191 Å². The number of ketones is 2. The molecule has 13 nitrogen and oxygen atoms in total. The number of benzene rings is 2. The Morgan fingerprint density at radius 1 is 1.10 bits per heavy atom. The molecule has 1 aliphatic heterocycles. The van der Waals surface area contributed by atoms with Crippen LogP contribution in [0.3, 0.4) is 0 Å². The Kier molecular flexibility index (Phi) is 9.80. The van der Waals surface area contributed by atoms with E-state index < -0.39 is 72.3 Å². The lowest BCUT2D eigenvalue weighted by molar-refractivity contribution is -0.139. The Labute approximate surface area is 234 Å². The normalized spacial score (nSPS) is 15.2. The summed E-state index contributed by atoms with van der Waals surface area (Å²) < 4.78 is 5.12. The van der Waals surface area contributed by atoms with E-state index >= 15 is 0 Å². The van der Waals surface area contributed by atoms with E-state index in [1.54, 1.807) is 24.3 Å². The predicted molar refractivity (Wildman–Crippen MR) is 145 cm³/mol. The van der Waals surface area contributed by atoms with Gasteiger partial charge in [-0.25, -0.2) is 0 Å². The summed E-state index contributed by atoms with van der Waals surface area (Å²) in [5.41, 5.74) is -0.280. The van der Waals surface area contributed by atoms with E-state index in [1.165, 1.54) is 43.2 Å². The molecule has 3 amide bonds. The van der Waals surface area contributed by atoms with Crippen molar-refractivity contribution >= 4 is 58.6 Å². The van der Waals surface area contributed by atoms with Crippen molar-refractivity contribution in [1.82, 2.24) is 5.32 Å². The highest BCUT2D eigenvalue weighted by Gasteiger charge is 2.38. The van der Waals surface area contributed by atoms with E-state index in [4.69, 9.17) is 15.3 Å². The number of ether oxygens (including phenoxy) is 1. The van der Waals surface area contributed by atoms with Crippen LogP contribution in [0.4, 0.5) is 11.4 Å². The van der Waals surface area contributed by atoms with Crippen molar-refractivity contribution in [2.24, 2.45) is 5.92 Å². The van der Waals surface area contributed by atoms with Crippen molar-refractivity contribution in [2.75, 3.05) is 30.0 Å². The molecule has 41 heavy (non-hydrogen) atoms. The fourth-order valence-corrected chi connectivity index (χ4v) is 4.42. The maximum Gasteiger partial charge on any atom is 0.305 e. The number of aldehydes is 1. The van der Waals surface area contributed by atoms with Crippen molar-refractivity contribution in [1.29, 1.82) is 5.41 Å². The first kappa shape index (κ1) is 30.3. The highest BCUT2D eigenvalue weighted by Crippen LogP contribution is 2.35. The number of nitrogens with zero attached hydrogens (tertiary/aromatic N) is 2. The number of carboxylic acid groups (broad SMARTS) is 1. The summed E-state index contributed by atoms with van der Waals surface area (Å²) in [6, 6.07) is 10.9. The van der Waals surface area contributed by atoms with Crippen LogP contribution in [0.1, 0.15) is 30.1 Å². The fourth-order valence-electron chi connectivity index (χ4n) is 4.42. The average Bonchev–Trinajstić information content (AvgIpc) is 3.06. The van der Waals surface area contributed by atoms with Crippen molar-refractivity contribution in [2.45, 2.75) is 25.8 Å². The molecule has 2 aromatic rings. The Bertz CT molecular complexity index is 1420. The molecule has 0 aromatic heterocycles. The summed E-state index contributed by atoms with van der Waals surface area (Å²) in [6.07, 6.45) is -0.930. The first-order valence-corrected chi connectivity index (χ1v) is 12.4. The molecule has 2 aromatic carbocycles. The Morgan fingerprint density at radius 3 is 2.34 bits per heavy atom. The van der Waals surface area contributed by atoms with E-state index in [-0.39, 0.29) is 35.5 Å². The molecule has 0 aliphatic carbocycles. The van der Waals surface area contributed by atoms with Crippen LogP contribution < -0.4 is 19.9 Å². The van der Waals surface area contributed by atoms with Gasteiger partial charge in [0.25, 0.3) is 0 Å². The molecule has 0 spiro atoms. The summed E-state index contributed by atoms with van der Waals surface area (Å²) in [6.45, 7) is 0.365. The number of para-hydroxylation sites is 3. The number of carbonyl (C=O) groups excluding carboxylic acids is 6. The molecular formula is C28H28N4O9. The van der Waals surface area contributed by atoms with Crippen LogP contribution >= 0.6 is 0 Å². The van der Waals surface area contributed by atoms with Gasteiger partial charge in [0.05, 0.1) is 48.1 Å². The SMILES string of the molecule is COc1ccccc1C(=O)C(=O)C(=N)CC1CN(C(C)=O)c2ccccc2N(CC(=O)N[C@H](C=O)CC(=O)O)C1=O. The Balaban J connectivity index is 1.92. The first-order chi connectivity index (χ1) is 19.5. The zero-order valence-electron chi connectivity index (χ0n) is 22.3. The Hall–Kier alpha value is -5.20. The minimum absolute atomic E-state index is 0.0564. The van der Waals surface area contributed by atoms with Gasteiger partial charge in [0.2, 0.25) is 29.3 Å². The van der Waals surface area contributed by atoms with Gasteiger partial charge in [0, 0.05) is 19.9 Å². The highest BCUT2D eigenvalue weighted by atomic mass is 16.5. The van der Waals surface area contributed by atoms with Crippen molar-refractivity contribution in [3.63, 3.8) is 0 Å². The number of aliphatic carboxylic acids is 1.